The third-order valence-electron chi connectivity index (χ3n) is 6.22. The van der Waals surface area contributed by atoms with Gasteiger partial charge in [0.25, 0.3) is 5.91 Å². The molecule has 4 heterocycles. The van der Waals surface area contributed by atoms with E-state index in [1.165, 1.54) is 6.20 Å². The van der Waals surface area contributed by atoms with E-state index in [9.17, 15) is 13.6 Å². The number of aromatic nitrogens is 5. The molecule has 1 aliphatic carbocycles. The number of nitrogens with zero attached hydrogens (tertiary/aromatic N) is 4. The molecule has 0 aromatic carbocycles. The highest BCUT2D eigenvalue weighted by molar-refractivity contribution is 6.02. The molecule has 10 heteroatoms. The number of hydrogen-bond acceptors (Lipinski definition) is 5. The van der Waals surface area contributed by atoms with Crippen LogP contribution >= 0.6 is 0 Å². The fourth-order valence-electron chi connectivity index (χ4n) is 4.12. The first kappa shape index (κ1) is 21.3. The van der Waals surface area contributed by atoms with E-state index in [0.717, 1.165) is 28.6 Å². The van der Waals surface area contributed by atoms with Crippen LogP contribution in [0.25, 0.3) is 27.7 Å². The van der Waals surface area contributed by atoms with Crippen molar-refractivity contribution < 1.29 is 13.6 Å². The Hall–Kier alpha value is -3.56. The maximum atomic E-state index is 13.0. The molecule has 0 radical (unpaired) electrons. The highest BCUT2D eigenvalue weighted by atomic mass is 19.3. The first-order chi connectivity index (χ1) is 15.8. The van der Waals surface area contributed by atoms with E-state index < -0.39 is 5.92 Å². The number of hydrogen-bond donors (Lipinski definition) is 3. The van der Waals surface area contributed by atoms with Crippen molar-refractivity contribution in [1.29, 1.82) is 0 Å². The lowest BCUT2D eigenvalue weighted by atomic mass is 9.81. The zero-order chi connectivity index (χ0) is 23.2. The Balaban J connectivity index is 1.39. The summed E-state index contributed by atoms with van der Waals surface area (Å²) in [7, 11) is 0. The van der Waals surface area contributed by atoms with Gasteiger partial charge in [-0.15, -0.1) is 0 Å². The van der Waals surface area contributed by atoms with Gasteiger partial charge in [0.2, 0.25) is 11.9 Å². The van der Waals surface area contributed by atoms with Crippen molar-refractivity contribution in [3.8, 4) is 11.1 Å². The number of fused-ring (bicyclic) bond motifs is 2. The molecule has 0 saturated heterocycles. The number of pyridine rings is 1. The number of rotatable bonds is 7. The van der Waals surface area contributed by atoms with E-state index in [1.54, 1.807) is 16.9 Å². The van der Waals surface area contributed by atoms with Gasteiger partial charge < -0.3 is 15.6 Å². The van der Waals surface area contributed by atoms with E-state index in [0.29, 0.717) is 17.0 Å². The summed E-state index contributed by atoms with van der Waals surface area (Å²) in [4.78, 5) is 24.9. The fourth-order valence-corrected chi connectivity index (χ4v) is 4.12. The summed E-state index contributed by atoms with van der Waals surface area (Å²) in [6, 6.07) is 4.06. The van der Waals surface area contributed by atoms with E-state index in [1.807, 2.05) is 18.3 Å². The number of carbonyl (C=O) groups excluding carboxylic acids is 1. The van der Waals surface area contributed by atoms with E-state index in [2.05, 4.69) is 44.5 Å². The molecular weight excluding hydrogens is 428 g/mol. The molecule has 0 bridgehead atoms. The molecule has 5 rings (SSSR count). The Kier molecular flexibility index (Phi) is 5.22. The number of H-pyrrole nitrogens is 1. The van der Waals surface area contributed by atoms with Crippen LogP contribution in [0.15, 0.2) is 36.9 Å². The van der Waals surface area contributed by atoms with Crippen LogP contribution in [-0.2, 0) is 0 Å². The predicted molar refractivity (Wildman–Crippen MR) is 121 cm³/mol. The average molecular weight is 453 g/mol. The van der Waals surface area contributed by atoms with Gasteiger partial charge in [0.05, 0.1) is 17.3 Å². The first-order valence-electron chi connectivity index (χ1n) is 11.1. The zero-order valence-corrected chi connectivity index (χ0v) is 18.4. The fraction of sp³-hybridized carbons (Fsp3) is 0.391. The molecule has 0 aliphatic heterocycles. The lowest BCUT2D eigenvalue weighted by Gasteiger charge is -2.34. The highest BCUT2D eigenvalue weighted by Crippen LogP contribution is 2.41. The summed E-state index contributed by atoms with van der Waals surface area (Å²) in [5.74, 6) is -2.53. The summed E-state index contributed by atoms with van der Waals surface area (Å²) in [5, 5.41) is 11.2. The maximum Gasteiger partial charge on any atom is 0.255 e. The van der Waals surface area contributed by atoms with Crippen LogP contribution in [0.2, 0.25) is 0 Å². The van der Waals surface area contributed by atoms with Crippen molar-refractivity contribution in [1.82, 2.24) is 29.9 Å². The third-order valence-corrected chi connectivity index (χ3v) is 6.22. The molecule has 1 amide bonds. The Labute approximate surface area is 188 Å². The normalized spacial score (nSPS) is 16.6. The molecule has 172 valence electrons. The Morgan fingerprint density at radius 1 is 1.36 bits per heavy atom. The molecule has 33 heavy (non-hydrogen) atoms. The third kappa shape index (κ3) is 4.12. The summed E-state index contributed by atoms with van der Waals surface area (Å²) in [6.45, 7) is 4.40. The van der Waals surface area contributed by atoms with Gasteiger partial charge in [-0.1, -0.05) is 6.92 Å². The standard InChI is InChI=1S/C23H25F2N7O/c1-3-13(2)30-22-28-11-17-16(10-26-20(17)31-22)15-4-5-32-19(6-15)18(12-29-32)21(33)27-9-14-7-23(24,25)8-14/h4-6,10-14H,3,7-9H2,1-2H3,(H,27,33)(H2,26,28,30,31). The van der Waals surface area contributed by atoms with Crippen LogP contribution < -0.4 is 10.6 Å². The molecule has 8 nitrogen and oxygen atoms in total. The molecule has 1 unspecified atom stereocenters. The minimum Gasteiger partial charge on any atom is -0.352 e. The number of carbonyl (C=O) groups is 1. The molecular formula is C23H25F2N7O. The number of aromatic amines is 1. The lowest BCUT2D eigenvalue weighted by Crippen LogP contribution is -2.42. The number of halogens is 2. The van der Waals surface area contributed by atoms with Crippen LogP contribution in [-0.4, -0.2) is 49.0 Å². The second kappa shape index (κ2) is 8.09. The van der Waals surface area contributed by atoms with E-state index >= 15 is 0 Å². The summed E-state index contributed by atoms with van der Waals surface area (Å²) in [6.07, 6.45) is 7.53. The van der Waals surface area contributed by atoms with Gasteiger partial charge in [-0.25, -0.2) is 18.3 Å². The molecule has 1 atom stereocenters. The van der Waals surface area contributed by atoms with Crippen molar-refractivity contribution >= 4 is 28.4 Å². The van der Waals surface area contributed by atoms with Crippen molar-refractivity contribution in [3.05, 3.63) is 42.5 Å². The number of alkyl halides is 2. The largest absolute Gasteiger partial charge is 0.352 e. The molecule has 4 aromatic rings. The monoisotopic (exact) mass is 453 g/mol. The number of amides is 1. The van der Waals surface area contributed by atoms with Gasteiger partial charge in [-0.3, -0.25) is 4.79 Å². The van der Waals surface area contributed by atoms with Crippen molar-refractivity contribution in [2.75, 3.05) is 11.9 Å². The van der Waals surface area contributed by atoms with Crippen LogP contribution in [0.1, 0.15) is 43.5 Å². The smallest absolute Gasteiger partial charge is 0.255 e. The Bertz CT molecular complexity index is 1320. The molecule has 3 N–H and O–H groups in total. The predicted octanol–water partition coefficient (Wildman–Crippen LogP) is 4.26. The Morgan fingerprint density at radius 2 is 2.18 bits per heavy atom. The number of anilines is 1. The minimum absolute atomic E-state index is 0.177. The first-order valence-corrected chi connectivity index (χ1v) is 11.1. The quantitative estimate of drug-likeness (QED) is 0.388. The Morgan fingerprint density at radius 3 is 2.94 bits per heavy atom. The number of nitrogens with one attached hydrogen (secondary N) is 3. The van der Waals surface area contributed by atoms with Gasteiger partial charge in [0.15, 0.2) is 0 Å². The summed E-state index contributed by atoms with van der Waals surface area (Å²) >= 11 is 0. The van der Waals surface area contributed by atoms with Crippen LogP contribution in [0.3, 0.4) is 0 Å². The summed E-state index contributed by atoms with van der Waals surface area (Å²) in [5.41, 5.74) is 3.54. The second-order valence-electron chi connectivity index (χ2n) is 8.76. The van der Waals surface area contributed by atoms with Crippen molar-refractivity contribution in [2.45, 2.75) is 45.1 Å². The molecule has 0 spiro atoms. The van der Waals surface area contributed by atoms with Crippen LogP contribution in [0.4, 0.5) is 14.7 Å². The van der Waals surface area contributed by atoms with Gasteiger partial charge in [0.1, 0.15) is 5.65 Å². The lowest BCUT2D eigenvalue weighted by molar-refractivity contribution is -0.108. The zero-order valence-electron chi connectivity index (χ0n) is 18.4. The second-order valence-corrected chi connectivity index (χ2v) is 8.76. The van der Waals surface area contributed by atoms with Crippen LogP contribution in [0, 0.1) is 5.92 Å². The molecule has 1 fully saturated rings. The molecule has 4 aromatic heterocycles. The van der Waals surface area contributed by atoms with Crippen molar-refractivity contribution in [2.24, 2.45) is 5.92 Å². The van der Waals surface area contributed by atoms with E-state index in [4.69, 9.17) is 0 Å². The van der Waals surface area contributed by atoms with E-state index in [-0.39, 0.29) is 37.3 Å². The maximum absolute atomic E-state index is 13.0. The van der Waals surface area contributed by atoms with Crippen LogP contribution in [0.5, 0.6) is 0 Å². The van der Waals surface area contributed by atoms with Gasteiger partial charge in [-0.2, -0.15) is 10.1 Å². The molecule has 1 saturated carbocycles. The van der Waals surface area contributed by atoms with Gasteiger partial charge >= 0.3 is 0 Å². The highest BCUT2D eigenvalue weighted by Gasteiger charge is 2.45. The SMILES string of the molecule is CCC(C)Nc1ncc2c(-c3ccn4ncc(C(=O)NCC5CC(F)(F)C5)c4c3)c[nH]c2n1. The average Bonchev–Trinajstić information content (AvgIpc) is 3.39. The minimum atomic E-state index is -2.59. The topological polar surface area (TPSA) is 100 Å². The summed E-state index contributed by atoms with van der Waals surface area (Å²) < 4.78 is 27.7. The van der Waals surface area contributed by atoms with Gasteiger partial charge in [-0.05, 0) is 37.0 Å². The van der Waals surface area contributed by atoms with Gasteiger partial charge in [0, 0.05) is 55.0 Å². The van der Waals surface area contributed by atoms with Crippen molar-refractivity contribution in [3.63, 3.8) is 0 Å². The molecule has 1 aliphatic rings.